The predicted octanol–water partition coefficient (Wildman–Crippen LogP) is 4.69. The Bertz CT molecular complexity index is 532. The highest BCUT2D eigenvalue weighted by Crippen LogP contribution is 2.28. The first-order valence-electron chi connectivity index (χ1n) is 6.98. The van der Waals surface area contributed by atoms with Crippen LogP contribution in [-0.4, -0.2) is 17.8 Å². The molecule has 0 fully saturated rings. The van der Waals surface area contributed by atoms with Crippen LogP contribution in [0.4, 0.5) is 0 Å². The fraction of sp³-hybridized carbons (Fsp3) is 0.438. The highest BCUT2D eigenvalue weighted by Gasteiger charge is 2.17. The molecule has 1 atom stereocenters. The van der Waals surface area contributed by atoms with Crippen LogP contribution >= 0.6 is 23.1 Å². The molecule has 2 rings (SSSR count). The van der Waals surface area contributed by atoms with E-state index in [2.05, 4.69) is 62.0 Å². The van der Waals surface area contributed by atoms with Crippen LogP contribution in [-0.2, 0) is 0 Å². The van der Waals surface area contributed by atoms with Crippen molar-refractivity contribution in [1.82, 2.24) is 10.3 Å². The van der Waals surface area contributed by atoms with Crippen molar-refractivity contribution in [3.8, 4) is 0 Å². The molecule has 2 nitrogen and oxygen atoms in total. The zero-order chi connectivity index (χ0) is 14.5. The van der Waals surface area contributed by atoms with E-state index >= 15 is 0 Å². The van der Waals surface area contributed by atoms with E-state index in [0.717, 1.165) is 11.6 Å². The summed E-state index contributed by atoms with van der Waals surface area (Å²) in [6, 6.07) is 8.97. The number of hydrogen-bond donors (Lipinski definition) is 1. The summed E-state index contributed by atoms with van der Waals surface area (Å²) in [5.41, 5.74) is 2.47. The van der Waals surface area contributed by atoms with Crippen molar-refractivity contribution in [3.63, 3.8) is 0 Å². The molecular formula is C16H22N2S2. The molecule has 0 aliphatic heterocycles. The van der Waals surface area contributed by atoms with Crippen LogP contribution in [0.1, 0.15) is 49.0 Å². The Kier molecular flexibility index (Phi) is 5.64. The van der Waals surface area contributed by atoms with E-state index in [-0.39, 0.29) is 6.04 Å². The third-order valence-corrected chi connectivity index (χ3v) is 4.91. The van der Waals surface area contributed by atoms with Gasteiger partial charge in [0.15, 0.2) is 0 Å². The van der Waals surface area contributed by atoms with Crippen molar-refractivity contribution in [3.05, 3.63) is 45.9 Å². The lowest BCUT2D eigenvalue weighted by atomic mass is 10.1. The molecule has 0 amide bonds. The van der Waals surface area contributed by atoms with Gasteiger partial charge in [-0.15, -0.1) is 23.1 Å². The summed E-state index contributed by atoms with van der Waals surface area (Å²) in [6.07, 6.45) is 2.10. The van der Waals surface area contributed by atoms with E-state index in [4.69, 9.17) is 4.98 Å². The zero-order valence-electron chi connectivity index (χ0n) is 12.5. The maximum absolute atomic E-state index is 4.80. The first-order chi connectivity index (χ1) is 9.65. The van der Waals surface area contributed by atoms with Crippen molar-refractivity contribution in [2.24, 2.45) is 0 Å². The summed E-state index contributed by atoms with van der Waals surface area (Å²) in [6.45, 7) is 7.45. The lowest BCUT2D eigenvalue weighted by molar-refractivity contribution is 0.623. The largest absolute Gasteiger partial charge is 0.305 e. The van der Waals surface area contributed by atoms with Gasteiger partial charge in [-0.2, -0.15) is 0 Å². The molecule has 108 valence electrons. The number of nitrogens with zero attached hydrogens (tertiary/aromatic N) is 1. The number of nitrogens with one attached hydrogen (secondary N) is 1. The lowest BCUT2D eigenvalue weighted by Crippen LogP contribution is -2.21. The van der Waals surface area contributed by atoms with Crippen LogP contribution in [0.15, 0.2) is 34.5 Å². The number of aromatic nitrogens is 1. The molecular weight excluding hydrogens is 284 g/mol. The highest BCUT2D eigenvalue weighted by molar-refractivity contribution is 7.98. The van der Waals surface area contributed by atoms with E-state index in [1.165, 1.54) is 16.2 Å². The normalized spacial score (nSPS) is 12.8. The van der Waals surface area contributed by atoms with Crippen LogP contribution in [0.2, 0.25) is 0 Å². The van der Waals surface area contributed by atoms with E-state index in [1.807, 2.05) is 0 Å². The van der Waals surface area contributed by atoms with Gasteiger partial charge in [-0.25, -0.2) is 4.98 Å². The Hall–Kier alpha value is -0.840. The number of hydrogen-bond acceptors (Lipinski definition) is 4. The molecule has 0 saturated heterocycles. The zero-order valence-corrected chi connectivity index (χ0v) is 14.1. The van der Waals surface area contributed by atoms with Gasteiger partial charge in [0.25, 0.3) is 0 Å². The molecule has 1 heterocycles. The summed E-state index contributed by atoms with van der Waals surface area (Å²) >= 11 is 3.52. The second kappa shape index (κ2) is 7.25. The smallest absolute Gasteiger partial charge is 0.114 e. The molecule has 20 heavy (non-hydrogen) atoms. The minimum absolute atomic E-state index is 0.202. The maximum atomic E-state index is 4.80. The number of benzene rings is 1. The summed E-state index contributed by atoms with van der Waals surface area (Å²) in [5, 5.41) is 6.89. The molecule has 0 aliphatic carbocycles. The van der Waals surface area contributed by atoms with Crippen molar-refractivity contribution in [2.45, 2.75) is 37.6 Å². The van der Waals surface area contributed by atoms with Gasteiger partial charge < -0.3 is 5.32 Å². The second-order valence-electron chi connectivity index (χ2n) is 5.03. The van der Waals surface area contributed by atoms with Crippen molar-refractivity contribution < 1.29 is 0 Å². The van der Waals surface area contributed by atoms with Gasteiger partial charge in [-0.1, -0.05) is 32.9 Å². The van der Waals surface area contributed by atoms with Crippen LogP contribution in [0, 0.1) is 0 Å². The predicted molar refractivity (Wildman–Crippen MR) is 89.9 cm³/mol. The Morgan fingerprint density at radius 2 is 1.95 bits per heavy atom. The first kappa shape index (κ1) is 15.5. The SMILES string of the molecule is CCNC(c1ccc(SC)cc1)c1nc(C(C)C)cs1. The molecule has 0 saturated carbocycles. The van der Waals surface area contributed by atoms with E-state index in [1.54, 1.807) is 23.1 Å². The van der Waals surface area contributed by atoms with E-state index in [0.29, 0.717) is 5.92 Å². The Morgan fingerprint density at radius 3 is 2.45 bits per heavy atom. The van der Waals surface area contributed by atoms with E-state index in [9.17, 15) is 0 Å². The lowest BCUT2D eigenvalue weighted by Gasteiger charge is -2.16. The minimum atomic E-state index is 0.202. The maximum Gasteiger partial charge on any atom is 0.114 e. The van der Waals surface area contributed by atoms with Gasteiger partial charge in [-0.3, -0.25) is 0 Å². The molecule has 0 spiro atoms. The molecule has 1 aromatic heterocycles. The van der Waals surface area contributed by atoms with Gasteiger partial charge in [0.2, 0.25) is 0 Å². The standard InChI is InChI=1S/C16H22N2S2/c1-5-17-15(12-6-8-13(19-4)9-7-12)16-18-14(10-20-16)11(2)3/h6-11,15,17H,5H2,1-4H3. The van der Waals surface area contributed by atoms with Crippen LogP contribution in [0.3, 0.4) is 0 Å². The summed E-state index contributed by atoms with van der Waals surface area (Å²) < 4.78 is 0. The van der Waals surface area contributed by atoms with Gasteiger partial charge >= 0.3 is 0 Å². The quantitative estimate of drug-likeness (QED) is 0.784. The molecule has 0 bridgehead atoms. The summed E-state index contributed by atoms with van der Waals surface area (Å²) in [4.78, 5) is 6.10. The molecule has 2 aromatic rings. The molecule has 4 heteroatoms. The monoisotopic (exact) mass is 306 g/mol. The van der Waals surface area contributed by atoms with E-state index < -0.39 is 0 Å². The fourth-order valence-electron chi connectivity index (χ4n) is 2.05. The second-order valence-corrected chi connectivity index (χ2v) is 6.80. The molecule has 1 N–H and O–H groups in total. The Balaban J connectivity index is 2.28. The topological polar surface area (TPSA) is 24.9 Å². The first-order valence-corrected chi connectivity index (χ1v) is 9.08. The van der Waals surface area contributed by atoms with Gasteiger partial charge in [0, 0.05) is 10.3 Å². The molecule has 0 radical (unpaired) electrons. The minimum Gasteiger partial charge on any atom is -0.305 e. The van der Waals surface area contributed by atoms with Crippen LogP contribution in [0.25, 0.3) is 0 Å². The van der Waals surface area contributed by atoms with Gasteiger partial charge in [-0.05, 0) is 36.4 Å². The number of rotatable bonds is 6. The number of thioether (sulfide) groups is 1. The average Bonchev–Trinajstić information content (AvgIpc) is 2.95. The van der Waals surface area contributed by atoms with Crippen molar-refractivity contribution in [1.29, 1.82) is 0 Å². The fourth-order valence-corrected chi connectivity index (χ4v) is 3.53. The molecule has 1 unspecified atom stereocenters. The average molecular weight is 306 g/mol. The summed E-state index contributed by atoms with van der Waals surface area (Å²) in [5.74, 6) is 0.487. The van der Waals surface area contributed by atoms with Crippen molar-refractivity contribution in [2.75, 3.05) is 12.8 Å². The van der Waals surface area contributed by atoms with Crippen LogP contribution in [0.5, 0.6) is 0 Å². The third-order valence-electron chi connectivity index (χ3n) is 3.24. The van der Waals surface area contributed by atoms with Crippen LogP contribution < -0.4 is 5.32 Å². The molecule has 1 aromatic carbocycles. The summed E-state index contributed by atoms with van der Waals surface area (Å²) in [7, 11) is 0. The van der Waals surface area contributed by atoms with Gasteiger partial charge in [0.1, 0.15) is 5.01 Å². The Morgan fingerprint density at radius 1 is 1.25 bits per heavy atom. The number of thiazole rings is 1. The third kappa shape index (κ3) is 3.62. The highest BCUT2D eigenvalue weighted by atomic mass is 32.2. The Labute approximate surface area is 130 Å². The van der Waals surface area contributed by atoms with Crippen molar-refractivity contribution >= 4 is 23.1 Å². The molecule has 0 aliphatic rings. The van der Waals surface area contributed by atoms with Gasteiger partial charge in [0.05, 0.1) is 11.7 Å².